The highest BCUT2D eigenvalue weighted by atomic mass is 16.5. The van der Waals surface area contributed by atoms with Gasteiger partial charge in [-0.15, -0.1) is 0 Å². The molecule has 0 aliphatic heterocycles. The first kappa shape index (κ1) is 23.8. The third kappa shape index (κ3) is 5.61. The topological polar surface area (TPSA) is 62.1 Å². The summed E-state index contributed by atoms with van der Waals surface area (Å²) in [7, 11) is 1.64. The number of benzene rings is 3. The Hall–Kier alpha value is -4.32. The van der Waals surface area contributed by atoms with Gasteiger partial charge in [-0.05, 0) is 93.6 Å². The van der Waals surface area contributed by atoms with Crippen molar-refractivity contribution in [1.29, 1.82) is 0 Å². The van der Waals surface area contributed by atoms with Gasteiger partial charge >= 0.3 is 5.97 Å². The molecule has 0 aliphatic rings. The first-order valence-electron chi connectivity index (χ1n) is 11.4. The van der Waals surface area contributed by atoms with Gasteiger partial charge < -0.3 is 18.8 Å². The molecule has 0 unspecified atom stereocenters. The van der Waals surface area contributed by atoms with Crippen LogP contribution >= 0.6 is 0 Å². The molecule has 0 radical (unpaired) electrons. The predicted octanol–water partition coefficient (Wildman–Crippen LogP) is 6.82. The molecule has 0 N–H and O–H groups in total. The number of hydrogen-bond donors (Lipinski definition) is 0. The van der Waals surface area contributed by atoms with Gasteiger partial charge in [0, 0.05) is 28.9 Å². The van der Waals surface area contributed by atoms with Crippen molar-refractivity contribution >= 4 is 17.9 Å². The maximum absolute atomic E-state index is 12.1. The van der Waals surface area contributed by atoms with Gasteiger partial charge in [0.2, 0.25) is 0 Å². The number of carbonyl (C=O) groups is 1. The lowest BCUT2D eigenvalue weighted by Gasteiger charge is -2.11. The summed E-state index contributed by atoms with van der Waals surface area (Å²) >= 11 is 0. The van der Waals surface area contributed by atoms with Crippen LogP contribution < -0.4 is 9.47 Å². The van der Waals surface area contributed by atoms with Gasteiger partial charge in [0.25, 0.3) is 0 Å². The Kier molecular flexibility index (Phi) is 7.31. The number of carbonyl (C=O) groups excluding carboxylic acids is 1. The number of hydrogen-bond acceptors (Lipinski definition) is 5. The molecular weight excluding hydrogens is 440 g/mol. The second kappa shape index (κ2) is 10.7. The zero-order valence-corrected chi connectivity index (χ0v) is 20.3. The zero-order valence-electron chi connectivity index (χ0n) is 20.3. The number of nitrogens with zero attached hydrogens (tertiary/aromatic N) is 2. The summed E-state index contributed by atoms with van der Waals surface area (Å²) in [6.45, 7) is 6.22. The van der Waals surface area contributed by atoms with Gasteiger partial charge in [0.05, 0.1) is 25.0 Å². The molecule has 4 rings (SSSR count). The Labute approximate surface area is 205 Å². The van der Waals surface area contributed by atoms with E-state index in [9.17, 15) is 4.79 Å². The monoisotopic (exact) mass is 468 g/mol. The average Bonchev–Trinajstić information content (AvgIpc) is 3.17. The van der Waals surface area contributed by atoms with E-state index in [0.717, 1.165) is 45.6 Å². The predicted molar refractivity (Wildman–Crippen MR) is 138 cm³/mol. The van der Waals surface area contributed by atoms with Crippen LogP contribution in [-0.4, -0.2) is 30.5 Å². The molecule has 0 amide bonds. The van der Waals surface area contributed by atoms with Gasteiger partial charge in [-0.25, -0.2) is 4.79 Å². The van der Waals surface area contributed by atoms with Crippen LogP contribution in [0.4, 0.5) is 5.69 Å². The van der Waals surface area contributed by atoms with Crippen molar-refractivity contribution in [3.63, 3.8) is 0 Å². The Morgan fingerprint density at radius 1 is 0.914 bits per heavy atom. The highest BCUT2D eigenvalue weighted by molar-refractivity contribution is 5.90. The number of ether oxygens (including phenoxy) is 3. The number of aryl methyl sites for hydroxylation is 1. The lowest BCUT2D eigenvalue weighted by Crippen LogP contribution is -2.06. The first-order valence-corrected chi connectivity index (χ1v) is 11.4. The molecule has 0 fully saturated rings. The van der Waals surface area contributed by atoms with Crippen molar-refractivity contribution in [2.75, 3.05) is 13.7 Å². The molecule has 0 saturated heterocycles. The fourth-order valence-corrected chi connectivity index (χ4v) is 3.83. The third-order valence-corrected chi connectivity index (χ3v) is 5.57. The molecule has 0 saturated carbocycles. The smallest absolute Gasteiger partial charge is 0.338 e. The lowest BCUT2D eigenvalue weighted by molar-refractivity contribution is 0.0526. The van der Waals surface area contributed by atoms with E-state index in [1.54, 1.807) is 20.1 Å². The minimum atomic E-state index is -0.321. The van der Waals surface area contributed by atoms with Crippen LogP contribution in [0.25, 0.3) is 5.69 Å². The Balaban J connectivity index is 1.49. The van der Waals surface area contributed by atoms with Crippen LogP contribution in [-0.2, 0) is 4.74 Å². The van der Waals surface area contributed by atoms with E-state index in [4.69, 9.17) is 14.2 Å². The van der Waals surface area contributed by atoms with Crippen molar-refractivity contribution < 1.29 is 19.0 Å². The third-order valence-electron chi connectivity index (χ3n) is 5.57. The Bertz CT molecular complexity index is 1340. The SMILES string of the molecule is CCOC(=O)c1cccc(-n2c(C)cc(C=Nc3ccc(Oc4ccc(OC)cc4)cc3)c2C)c1. The van der Waals surface area contributed by atoms with Crippen molar-refractivity contribution in [2.45, 2.75) is 20.8 Å². The molecule has 6 nitrogen and oxygen atoms in total. The number of aliphatic imine (C=N–C) groups is 1. The average molecular weight is 469 g/mol. The number of aromatic nitrogens is 1. The number of methoxy groups -OCH3 is 1. The van der Waals surface area contributed by atoms with Crippen molar-refractivity contribution in [1.82, 2.24) is 4.57 Å². The quantitative estimate of drug-likeness (QED) is 0.210. The van der Waals surface area contributed by atoms with Crippen molar-refractivity contribution in [3.8, 4) is 22.9 Å². The second-order valence-electron chi connectivity index (χ2n) is 7.96. The van der Waals surface area contributed by atoms with Crippen LogP contribution in [0.1, 0.15) is 34.2 Å². The van der Waals surface area contributed by atoms with Crippen molar-refractivity contribution in [2.24, 2.45) is 4.99 Å². The van der Waals surface area contributed by atoms with Crippen LogP contribution in [0.2, 0.25) is 0 Å². The summed E-state index contributed by atoms with van der Waals surface area (Å²) < 4.78 is 18.3. The molecule has 0 spiro atoms. The minimum absolute atomic E-state index is 0.321. The van der Waals surface area contributed by atoms with Crippen LogP contribution in [0.15, 0.2) is 83.9 Å². The van der Waals surface area contributed by atoms with Crippen molar-refractivity contribution in [3.05, 3.63) is 101 Å². The molecule has 1 aromatic heterocycles. The molecule has 3 aromatic carbocycles. The maximum Gasteiger partial charge on any atom is 0.338 e. The summed E-state index contributed by atoms with van der Waals surface area (Å²) in [5.41, 5.74) is 5.35. The summed E-state index contributed by atoms with van der Waals surface area (Å²) in [6.07, 6.45) is 1.85. The number of rotatable bonds is 8. The summed E-state index contributed by atoms with van der Waals surface area (Å²) in [4.78, 5) is 16.8. The zero-order chi connectivity index (χ0) is 24.8. The maximum atomic E-state index is 12.1. The molecule has 1 heterocycles. The molecule has 0 atom stereocenters. The molecule has 0 bridgehead atoms. The Morgan fingerprint density at radius 2 is 1.57 bits per heavy atom. The van der Waals surface area contributed by atoms with Gasteiger partial charge in [0.1, 0.15) is 17.2 Å². The highest BCUT2D eigenvalue weighted by Gasteiger charge is 2.12. The van der Waals surface area contributed by atoms with E-state index in [0.29, 0.717) is 12.2 Å². The molecule has 4 aromatic rings. The lowest BCUT2D eigenvalue weighted by atomic mass is 10.2. The largest absolute Gasteiger partial charge is 0.497 e. The van der Waals surface area contributed by atoms with Gasteiger partial charge in [-0.1, -0.05) is 6.07 Å². The molecular formula is C29H28N2O4. The van der Waals surface area contributed by atoms with Crippen LogP contribution in [0, 0.1) is 13.8 Å². The molecule has 35 heavy (non-hydrogen) atoms. The molecule has 6 heteroatoms. The normalized spacial score (nSPS) is 11.0. The fraction of sp³-hybridized carbons (Fsp3) is 0.172. The summed E-state index contributed by atoms with van der Waals surface area (Å²) in [5.74, 6) is 1.93. The van der Waals surface area contributed by atoms with Gasteiger partial charge in [-0.3, -0.25) is 4.99 Å². The summed E-state index contributed by atoms with van der Waals surface area (Å²) in [5, 5.41) is 0. The standard InChI is InChI=1S/C29H28N2O4/c1-5-34-29(32)22-7-6-8-25(18-22)31-20(2)17-23(21(31)3)19-30-24-9-11-27(12-10-24)35-28-15-13-26(33-4)14-16-28/h6-19H,5H2,1-4H3. The van der Waals surface area contributed by atoms with E-state index >= 15 is 0 Å². The second-order valence-corrected chi connectivity index (χ2v) is 7.96. The highest BCUT2D eigenvalue weighted by Crippen LogP contribution is 2.26. The molecule has 0 aliphatic carbocycles. The summed E-state index contributed by atoms with van der Waals surface area (Å²) in [6, 6.07) is 24.6. The van der Waals surface area contributed by atoms with E-state index in [2.05, 4.69) is 15.6 Å². The Morgan fingerprint density at radius 3 is 2.23 bits per heavy atom. The van der Waals surface area contributed by atoms with Crippen LogP contribution in [0.5, 0.6) is 17.2 Å². The minimum Gasteiger partial charge on any atom is -0.497 e. The van der Waals surface area contributed by atoms with Crippen LogP contribution in [0.3, 0.4) is 0 Å². The van der Waals surface area contributed by atoms with Gasteiger partial charge in [-0.2, -0.15) is 0 Å². The van der Waals surface area contributed by atoms with E-state index in [1.807, 2.05) is 86.8 Å². The van der Waals surface area contributed by atoms with E-state index < -0.39 is 0 Å². The first-order chi connectivity index (χ1) is 17.0. The van der Waals surface area contributed by atoms with E-state index in [1.165, 1.54) is 0 Å². The fourth-order valence-electron chi connectivity index (χ4n) is 3.83. The molecule has 178 valence electrons. The number of esters is 1. The van der Waals surface area contributed by atoms with E-state index in [-0.39, 0.29) is 5.97 Å². The van der Waals surface area contributed by atoms with Gasteiger partial charge in [0.15, 0.2) is 0 Å².